The number of benzene rings is 1. The van der Waals surface area contributed by atoms with Crippen LogP contribution >= 0.6 is 15.9 Å². The fourth-order valence-corrected chi connectivity index (χ4v) is 2.39. The Labute approximate surface area is 104 Å². The summed E-state index contributed by atoms with van der Waals surface area (Å²) in [5, 5.41) is 3.40. The number of hydrogen-bond donors (Lipinski definition) is 1. The Hall–Kier alpha value is -0.610. The van der Waals surface area contributed by atoms with Crippen LogP contribution in [0.25, 0.3) is 0 Å². The Morgan fingerprint density at radius 3 is 3.06 bits per heavy atom. The van der Waals surface area contributed by atoms with Crippen LogP contribution in [0.2, 0.25) is 0 Å². The number of hydrogen-bond acceptors (Lipinski definition) is 2. The summed E-state index contributed by atoms with van der Waals surface area (Å²) in [7, 11) is 0. The van der Waals surface area contributed by atoms with E-state index in [9.17, 15) is 4.39 Å². The first-order chi connectivity index (χ1) is 7.66. The van der Waals surface area contributed by atoms with Gasteiger partial charge in [-0.1, -0.05) is 15.9 Å². The van der Waals surface area contributed by atoms with Crippen LogP contribution in [-0.2, 0) is 0 Å². The van der Waals surface area contributed by atoms with Gasteiger partial charge in [0, 0.05) is 23.6 Å². The topological polar surface area (TPSA) is 15.3 Å². The molecule has 4 heteroatoms. The second-order valence-corrected chi connectivity index (χ2v) is 5.17. The molecule has 1 N–H and O–H groups in total. The van der Waals surface area contributed by atoms with Gasteiger partial charge in [0.25, 0.3) is 0 Å². The van der Waals surface area contributed by atoms with Crippen molar-refractivity contribution < 1.29 is 4.39 Å². The van der Waals surface area contributed by atoms with Crippen molar-refractivity contribution in [3.05, 3.63) is 28.5 Å². The van der Waals surface area contributed by atoms with Gasteiger partial charge in [0.2, 0.25) is 0 Å². The molecule has 88 valence electrons. The zero-order valence-corrected chi connectivity index (χ0v) is 10.9. The molecule has 0 radical (unpaired) electrons. The first-order valence-corrected chi connectivity index (χ1v) is 6.39. The molecule has 16 heavy (non-hydrogen) atoms. The van der Waals surface area contributed by atoms with Crippen LogP contribution in [0.3, 0.4) is 0 Å². The first-order valence-electron chi connectivity index (χ1n) is 5.60. The Morgan fingerprint density at radius 1 is 1.50 bits per heavy atom. The number of anilines is 1. The third-order valence-electron chi connectivity index (χ3n) is 2.84. The lowest BCUT2D eigenvalue weighted by Crippen LogP contribution is -2.35. The highest BCUT2D eigenvalue weighted by molar-refractivity contribution is 9.10. The summed E-state index contributed by atoms with van der Waals surface area (Å²) in [6.45, 7) is 4.92. The second kappa shape index (κ2) is 5.15. The summed E-state index contributed by atoms with van der Waals surface area (Å²) >= 11 is 3.28. The molecule has 2 nitrogen and oxygen atoms in total. The first kappa shape index (κ1) is 11.9. The van der Waals surface area contributed by atoms with Gasteiger partial charge in [0.15, 0.2) is 0 Å². The quantitative estimate of drug-likeness (QED) is 0.854. The molecule has 1 saturated heterocycles. The largest absolute Gasteiger partial charge is 0.368 e. The molecule has 0 spiro atoms. The van der Waals surface area contributed by atoms with E-state index >= 15 is 0 Å². The average molecular weight is 287 g/mol. The molecule has 0 bridgehead atoms. The van der Waals surface area contributed by atoms with Gasteiger partial charge in [-0.3, -0.25) is 0 Å². The fourth-order valence-electron chi connectivity index (χ4n) is 2.06. The smallest absolute Gasteiger partial charge is 0.147 e. The number of nitrogens with zero attached hydrogens (tertiary/aromatic N) is 1. The van der Waals surface area contributed by atoms with E-state index < -0.39 is 0 Å². The maximum atomic E-state index is 13.8. The average Bonchev–Trinajstić information content (AvgIpc) is 2.43. The van der Waals surface area contributed by atoms with Gasteiger partial charge in [-0.25, -0.2) is 4.39 Å². The predicted molar refractivity (Wildman–Crippen MR) is 68.4 cm³/mol. The Morgan fingerprint density at radius 2 is 2.31 bits per heavy atom. The lowest BCUT2D eigenvalue weighted by molar-refractivity contribution is 0.577. The molecule has 2 rings (SSSR count). The maximum absolute atomic E-state index is 13.8. The Kier molecular flexibility index (Phi) is 3.82. The molecular weight excluding hydrogens is 271 g/mol. The normalized spacial score (nSPS) is 21.9. The van der Waals surface area contributed by atoms with Crippen molar-refractivity contribution in [2.75, 3.05) is 24.5 Å². The third-order valence-corrected chi connectivity index (χ3v) is 3.34. The summed E-state index contributed by atoms with van der Waals surface area (Å²) in [5.41, 5.74) is 0.707. The molecule has 1 heterocycles. The minimum absolute atomic E-state index is 0.150. The zero-order valence-electron chi connectivity index (χ0n) is 9.34. The van der Waals surface area contributed by atoms with E-state index in [-0.39, 0.29) is 5.82 Å². The minimum Gasteiger partial charge on any atom is -0.368 e. The summed E-state index contributed by atoms with van der Waals surface area (Å²) in [6, 6.07) is 5.67. The lowest BCUT2D eigenvalue weighted by atomic mass is 10.2. The fraction of sp³-hybridized carbons (Fsp3) is 0.500. The molecule has 0 aliphatic carbocycles. The lowest BCUT2D eigenvalue weighted by Gasteiger charge is -2.25. The van der Waals surface area contributed by atoms with Crippen LogP contribution in [0.5, 0.6) is 0 Å². The molecule has 1 fully saturated rings. The highest BCUT2D eigenvalue weighted by atomic mass is 79.9. The summed E-state index contributed by atoms with van der Waals surface area (Å²) in [6.07, 6.45) is 1.06. The van der Waals surface area contributed by atoms with Crippen molar-refractivity contribution >= 4 is 21.6 Å². The highest BCUT2D eigenvalue weighted by Crippen LogP contribution is 2.24. The second-order valence-electron chi connectivity index (χ2n) is 4.25. The van der Waals surface area contributed by atoms with Crippen molar-refractivity contribution in [3.8, 4) is 0 Å². The number of nitrogens with one attached hydrogen (secondary N) is 1. The monoisotopic (exact) mass is 286 g/mol. The molecule has 0 saturated carbocycles. The van der Waals surface area contributed by atoms with Crippen LogP contribution in [0.4, 0.5) is 10.1 Å². The van der Waals surface area contributed by atoms with E-state index in [1.165, 1.54) is 6.07 Å². The van der Waals surface area contributed by atoms with Crippen molar-refractivity contribution in [2.24, 2.45) is 0 Å². The van der Waals surface area contributed by atoms with Crippen molar-refractivity contribution in [1.82, 2.24) is 5.32 Å². The molecule has 1 aliphatic heterocycles. The molecule has 1 unspecified atom stereocenters. The van der Waals surface area contributed by atoms with Crippen LogP contribution in [0.15, 0.2) is 22.7 Å². The number of rotatable bonds is 1. The maximum Gasteiger partial charge on any atom is 0.147 e. The van der Waals surface area contributed by atoms with Crippen molar-refractivity contribution in [2.45, 2.75) is 19.4 Å². The van der Waals surface area contributed by atoms with E-state index in [1.54, 1.807) is 0 Å². The van der Waals surface area contributed by atoms with Gasteiger partial charge in [-0.2, -0.15) is 0 Å². The SMILES string of the molecule is CC1CN(c2ccc(Br)cc2F)CCCN1. The Bertz CT molecular complexity index is 370. The Balaban J connectivity index is 2.21. The molecule has 1 aliphatic rings. The van der Waals surface area contributed by atoms with Gasteiger partial charge >= 0.3 is 0 Å². The van der Waals surface area contributed by atoms with E-state index in [1.807, 2.05) is 12.1 Å². The van der Waals surface area contributed by atoms with E-state index in [2.05, 4.69) is 33.1 Å². The molecular formula is C12H16BrFN2. The van der Waals surface area contributed by atoms with Crippen LogP contribution in [0.1, 0.15) is 13.3 Å². The predicted octanol–water partition coefficient (Wildman–Crippen LogP) is 2.78. The van der Waals surface area contributed by atoms with Crippen LogP contribution in [-0.4, -0.2) is 25.7 Å². The molecule has 1 atom stereocenters. The number of halogens is 2. The van der Waals surface area contributed by atoms with E-state index in [0.717, 1.165) is 30.5 Å². The van der Waals surface area contributed by atoms with E-state index in [0.29, 0.717) is 11.7 Å². The third kappa shape index (κ3) is 2.74. The molecule has 1 aromatic rings. The molecule has 1 aromatic carbocycles. The van der Waals surface area contributed by atoms with Crippen LogP contribution in [0, 0.1) is 5.82 Å². The van der Waals surface area contributed by atoms with Crippen molar-refractivity contribution in [1.29, 1.82) is 0 Å². The van der Waals surface area contributed by atoms with Crippen LogP contribution < -0.4 is 10.2 Å². The summed E-state index contributed by atoms with van der Waals surface area (Å²) < 4.78 is 14.6. The summed E-state index contributed by atoms with van der Waals surface area (Å²) in [5.74, 6) is -0.150. The molecule has 0 amide bonds. The van der Waals surface area contributed by atoms with E-state index in [4.69, 9.17) is 0 Å². The van der Waals surface area contributed by atoms with Gasteiger partial charge < -0.3 is 10.2 Å². The van der Waals surface area contributed by atoms with Crippen molar-refractivity contribution in [3.63, 3.8) is 0 Å². The summed E-state index contributed by atoms with van der Waals surface area (Å²) in [4.78, 5) is 2.12. The zero-order chi connectivity index (χ0) is 11.5. The standard InChI is InChI=1S/C12H16BrFN2/c1-9-8-16(6-2-5-15-9)12-4-3-10(13)7-11(12)14/h3-4,7,9,15H,2,5-6,8H2,1H3. The van der Waals surface area contributed by atoms with Gasteiger partial charge in [0.05, 0.1) is 5.69 Å². The minimum atomic E-state index is -0.150. The van der Waals surface area contributed by atoms with Gasteiger partial charge in [-0.05, 0) is 38.1 Å². The van der Waals surface area contributed by atoms with Gasteiger partial charge in [0.1, 0.15) is 5.82 Å². The highest BCUT2D eigenvalue weighted by Gasteiger charge is 2.17. The molecule has 0 aromatic heterocycles. The van der Waals surface area contributed by atoms with Gasteiger partial charge in [-0.15, -0.1) is 0 Å².